The largest absolute Gasteiger partial charge is 0.368 e. The van der Waals surface area contributed by atoms with E-state index in [1.165, 1.54) is 16.7 Å². The van der Waals surface area contributed by atoms with E-state index in [0.717, 1.165) is 0 Å². The maximum absolute atomic E-state index is 13.0. The number of halogens is 1. The summed E-state index contributed by atoms with van der Waals surface area (Å²) in [5, 5.41) is 0.695. The molecule has 0 radical (unpaired) electrons. The second-order valence-corrected chi connectivity index (χ2v) is 4.44. The highest BCUT2D eigenvalue weighted by Crippen LogP contribution is 2.20. The van der Waals surface area contributed by atoms with E-state index in [1.807, 2.05) is 0 Å². The van der Waals surface area contributed by atoms with Crippen LogP contribution in [0.1, 0.15) is 0 Å². The molecule has 0 spiro atoms. The molecule has 0 aliphatic rings. The van der Waals surface area contributed by atoms with Gasteiger partial charge in [-0.3, -0.25) is 9.36 Å². The van der Waals surface area contributed by atoms with Crippen LogP contribution in [-0.4, -0.2) is 14.5 Å². The molecule has 3 aromatic rings. The molecule has 2 aromatic heterocycles. The number of hydrogen-bond donors (Lipinski definition) is 1. The minimum atomic E-state index is -0.345. The molecule has 5 nitrogen and oxygen atoms in total. The highest BCUT2D eigenvalue weighted by Gasteiger charge is 2.10. The zero-order valence-corrected chi connectivity index (χ0v) is 10.7. The van der Waals surface area contributed by atoms with Crippen LogP contribution in [-0.2, 0) is 7.05 Å². The fraction of sp³-hybridized carbons (Fsp3) is 0.0714. The number of nitrogens with two attached hydrogens (primary N) is 1. The van der Waals surface area contributed by atoms with Gasteiger partial charge in [0.1, 0.15) is 11.5 Å². The van der Waals surface area contributed by atoms with Crippen molar-refractivity contribution >= 4 is 17.0 Å². The summed E-state index contributed by atoms with van der Waals surface area (Å²) in [5.74, 6) is -0.232. The maximum atomic E-state index is 13.0. The van der Waals surface area contributed by atoms with Gasteiger partial charge in [0, 0.05) is 24.2 Å². The number of benzene rings is 1. The van der Waals surface area contributed by atoms with Gasteiger partial charge >= 0.3 is 0 Å². The van der Waals surface area contributed by atoms with Gasteiger partial charge < -0.3 is 5.73 Å². The molecule has 0 atom stereocenters. The first kappa shape index (κ1) is 12.3. The van der Waals surface area contributed by atoms with Gasteiger partial charge in [0.15, 0.2) is 0 Å². The molecule has 1 aromatic carbocycles. The van der Waals surface area contributed by atoms with Crippen molar-refractivity contribution in [2.75, 3.05) is 5.73 Å². The first-order chi connectivity index (χ1) is 9.56. The zero-order valence-electron chi connectivity index (χ0n) is 10.7. The lowest BCUT2D eigenvalue weighted by Crippen LogP contribution is -2.20. The molecule has 3 rings (SSSR count). The fourth-order valence-electron chi connectivity index (χ4n) is 2.10. The lowest BCUT2D eigenvalue weighted by atomic mass is 10.1. The summed E-state index contributed by atoms with van der Waals surface area (Å²) >= 11 is 0. The topological polar surface area (TPSA) is 73.8 Å². The number of nitrogens with zero attached hydrogens (tertiary/aromatic N) is 3. The van der Waals surface area contributed by atoms with E-state index in [1.54, 1.807) is 31.4 Å². The van der Waals surface area contributed by atoms with Gasteiger partial charge in [-0.1, -0.05) is 12.1 Å². The van der Waals surface area contributed by atoms with Gasteiger partial charge in [0.25, 0.3) is 5.56 Å². The number of hydrogen-bond acceptors (Lipinski definition) is 4. The lowest BCUT2D eigenvalue weighted by Gasteiger charge is -2.08. The molecule has 0 saturated heterocycles. The summed E-state index contributed by atoms with van der Waals surface area (Å²) in [6.07, 6.45) is 1.56. The summed E-state index contributed by atoms with van der Waals surface area (Å²) in [5.41, 5.74) is 6.89. The van der Waals surface area contributed by atoms with Gasteiger partial charge in [-0.15, -0.1) is 0 Å². The predicted molar refractivity (Wildman–Crippen MR) is 74.6 cm³/mol. The number of anilines is 1. The normalized spacial score (nSPS) is 10.9. The van der Waals surface area contributed by atoms with Crippen molar-refractivity contribution in [3.05, 3.63) is 52.7 Å². The van der Waals surface area contributed by atoms with Crippen LogP contribution >= 0.6 is 0 Å². The van der Waals surface area contributed by atoms with Gasteiger partial charge in [-0.05, 0) is 23.8 Å². The molecule has 0 aliphatic heterocycles. The highest BCUT2D eigenvalue weighted by molar-refractivity contribution is 5.81. The molecule has 0 bridgehead atoms. The van der Waals surface area contributed by atoms with Crippen LogP contribution in [0.3, 0.4) is 0 Å². The zero-order chi connectivity index (χ0) is 14.3. The molecule has 0 saturated carbocycles. The Morgan fingerprint density at radius 3 is 2.65 bits per heavy atom. The average Bonchev–Trinajstić information content (AvgIpc) is 2.44. The Morgan fingerprint density at radius 2 is 1.95 bits per heavy atom. The van der Waals surface area contributed by atoms with E-state index in [-0.39, 0.29) is 17.3 Å². The molecule has 0 amide bonds. The van der Waals surface area contributed by atoms with E-state index >= 15 is 0 Å². The van der Waals surface area contributed by atoms with Crippen molar-refractivity contribution in [1.82, 2.24) is 14.5 Å². The van der Waals surface area contributed by atoms with Crippen molar-refractivity contribution in [2.45, 2.75) is 0 Å². The number of aromatic nitrogens is 3. The van der Waals surface area contributed by atoms with Crippen LogP contribution in [0.15, 0.2) is 41.3 Å². The average molecular weight is 270 g/mol. The molecule has 0 unspecified atom stereocenters. The lowest BCUT2D eigenvalue weighted by molar-refractivity contribution is 0.628. The molecule has 20 heavy (non-hydrogen) atoms. The summed E-state index contributed by atoms with van der Waals surface area (Å²) < 4.78 is 14.4. The van der Waals surface area contributed by atoms with E-state index in [9.17, 15) is 9.18 Å². The molecule has 2 N–H and O–H groups in total. The standard InChI is InChI=1S/C14H11FN4O/c1-19-12-9(7-17-14(16)18-12)6-11(13(19)20)8-2-4-10(15)5-3-8/h2-7H,1H3,(H2,16,17,18). The summed E-state index contributed by atoms with van der Waals surface area (Å²) in [6.45, 7) is 0. The number of aryl methyl sites for hydroxylation is 1. The number of pyridine rings is 1. The van der Waals surface area contributed by atoms with Crippen molar-refractivity contribution < 1.29 is 4.39 Å². The Labute approximate surface area is 113 Å². The Kier molecular flexibility index (Phi) is 2.71. The Hall–Kier alpha value is -2.76. The van der Waals surface area contributed by atoms with Crippen molar-refractivity contribution in [1.29, 1.82) is 0 Å². The van der Waals surface area contributed by atoms with Gasteiger partial charge in [-0.2, -0.15) is 4.98 Å². The minimum Gasteiger partial charge on any atom is -0.368 e. The van der Waals surface area contributed by atoms with Crippen LogP contribution in [0.2, 0.25) is 0 Å². The van der Waals surface area contributed by atoms with Crippen LogP contribution in [0.25, 0.3) is 22.2 Å². The Balaban J connectivity index is 2.32. The van der Waals surface area contributed by atoms with E-state index < -0.39 is 0 Å². The second-order valence-electron chi connectivity index (χ2n) is 4.44. The number of nitrogen functional groups attached to an aromatic ring is 1. The quantitative estimate of drug-likeness (QED) is 0.730. The van der Waals surface area contributed by atoms with Crippen molar-refractivity contribution in [3.8, 4) is 11.1 Å². The van der Waals surface area contributed by atoms with Gasteiger partial charge in [-0.25, -0.2) is 9.37 Å². The van der Waals surface area contributed by atoms with Crippen LogP contribution < -0.4 is 11.3 Å². The monoisotopic (exact) mass is 270 g/mol. The third-order valence-electron chi connectivity index (χ3n) is 3.12. The first-order valence-corrected chi connectivity index (χ1v) is 5.94. The third-order valence-corrected chi connectivity index (χ3v) is 3.12. The summed E-state index contributed by atoms with van der Waals surface area (Å²) in [7, 11) is 1.62. The summed E-state index contributed by atoms with van der Waals surface area (Å²) in [6, 6.07) is 7.45. The predicted octanol–water partition coefficient (Wildman–Crippen LogP) is 1.72. The molecule has 0 fully saturated rings. The molecular weight excluding hydrogens is 259 g/mol. The molecule has 2 heterocycles. The van der Waals surface area contributed by atoms with Crippen molar-refractivity contribution in [3.63, 3.8) is 0 Å². The first-order valence-electron chi connectivity index (χ1n) is 5.94. The van der Waals surface area contributed by atoms with Crippen LogP contribution in [0.5, 0.6) is 0 Å². The Bertz CT molecular complexity index is 855. The third kappa shape index (κ3) is 1.91. The molecule has 0 aliphatic carbocycles. The van der Waals surface area contributed by atoms with E-state index in [2.05, 4.69) is 9.97 Å². The van der Waals surface area contributed by atoms with E-state index in [0.29, 0.717) is 22.2 Å². The Morgan fingerprint density at radius 1 is 1.25 bits per heavy atom. The number of rotatable bonds is 1. The van der Waals surface area contributed by atoms with E-state index in [4.69, 9.17) is 5.73 Å². The van der Waals surface area contributed by atoms with Crippen LogP contribution in [0.4, 0.5) is 10.3 Å². The van der Waals surface area contributed by atoms with Crippen LogP contribution in [0, 0.1) is 5.82 Å². The number of fused-ring (bicyclic) bond motifs is 1. The fourth-order valence-corrected chi connectivity index (χ4v) is 2.10. The van der Waals surface area contributed by atoms with Gasteiger partial charge in [0.05, 0.1) is 0 Å². The minimum absolute atomic E-state index is 0.113. The smallest absolute Gasteiger partial charge is 0.259 e. The molecular formula is C14H11FN4O. The maximum Gasteiger partial charge on any atom is 0.259 e. The second kappa shape index (κ2) is 4.41. The summed E-state index contributed by atoms with van der Waals surface area (Å²) in [4.78, 5) is 20.3. The highest BCUT2D eigenvalue weighted by atomic mass is 19.1. The molecule has 6 heteroatoms. The van der Waals surface area contributed by atoms with Gasteiger partial charge in [0.2, 0.25) is 5.95 Å². The SMILES string of the molecule is Cn1c(=O)c(-c2ccc(F)cc2)cc2cnc(N)nc21. The molecule has 100 valence electrons. The van der Waals surface area contributed by atoms with Crippen molar-refractivity contribution in [2.24, 2.45) is 7.05 Å².